The first-order chi connectivity index (χ1) is 13.5. The second-order valence-corrected chi connectivity index (χ2v) is 12.3. The molecule has 1 N–H and O–H groups in total. The molecule has 1 spiro atoms. The summed E-state index contributed by atoms with van der Waals surface area (Å²) in [6.45, 7) is 9.17. The zero-order valence-corrected chi connectivity index (χ0v) is 18.9. The predicted octanol–water partition coefficient (Wildman–Crippen LogP) is 3.74. The normalized spacial score (nSPS) is 35.5. The molecule has 0 aromatic heterocycles. The Balaban J connectivity index is 1.66. The number of nitrogens with one attached hydrogen (secondary N) is 1. The summed E-state index contributed by atoms with van der Waals surface area (Å²) in [6, 6.07) is 7.32. The molecule has 3 fully saturated rings. The van der Waals surface area contributed by atoms with Gasteiger partial charge in [-0.3, -0.25) is 4.79 Å². The molecule has 3 aliphatic rings. The van der Waals surface area contributed by atoms with Crippen LogP contribution in [0, 0.1) is 28.6 Å². The number of benzene rings is 1. The number of amides is 1. The number of sulfone groups is 1. The molecule has 2 aliphatic carbocycles. The molecular weight excluding hydrogens is 386 g/mol. The third kappa shape index (κ3) is 3.23. The molecule has 1 amide bonds. The van der Waals surface area contributed by atoms with Crippen molar-refractivity contribution in [3.63, 3.8) is 0 Å². The largest absolute Gasteiger partial charge is 0.373 e. The summed E-state index contributed by atoms with van der Waals surface area (Å²) >= 11 is 0. The van der Waals surface area contributed by atoms with Crippen molar-refractivity contribution >= 4 is 15.7 Å². The molecule has 1 heterocycles. The molecule has 2 saturated carbocycles. The third-order valence-electron chi connectivity index (χ3n) is 7.95. The lowest BCUT2D eigenvalue weighted by Gasteiger charge is -2.53. The van der Waals surface area contributed by atoms with Crippen LogP contribution in [-0.2, 0) is 19.4 Å². The van der Waals surface area contributed by atoms with Crippen molar-refractivity contribution in [2.24, 2.45) is 28.6 Å². The van der Waals surface area contributed by atoms with E-state index >= 15 is 0 Å². The number of carbonyl (C=O) groups is 1. The van der Waals surface area contributed by atoms with Gasteiger partial charge in [0.25, 0.3) is 0 Å². The highest BCUT2D eigenvalue weighted by Gasteiger charge is 2.68. The SMILES string of the molecule is CC(C)C(=O)N[C@H]1C(C)(C)[C@@H]2C[C@@H]3[C@@H](c4ccc(S(C)(=O)=O)cc4)OCCC31C2. The Labute approximate surface area is 174 Å². The van der Waals surface area contributed by atoms with Crippen LogP contribution < -0.4 is 5.32 Å². The number of fused-ring (bicyclic) bond motifs is 1. The number of carbonyl (C=O) groups excluding carboxylic acids is 1. The van der Waals surface area contributed by atoms with E-state index in [0.29, 0.717) is 23.3 Å². The second-order valence-electron chi connectivity index (χ2n) is 10.3. The molecule has 6 heteroatoms. The quantitative estimate of drug-likeness (QED) is 0.807. The van der Waals surface area contributed by atoms with E-state index in [2.05, 4.69) is 19.2 Å². The van der Waals surface area contributed by atoms with Crippen LogP contribution in [0.25, 0.3) is 0 Å². The van der Waals surface area contributed by atoms with Crippen LogP contribution >= 0.6 is 0 Å². The summed E-state index contributed by atoms with van der Waals surface area (Å²) in [5.74, 6) is 1.00. The van der Waals surface area contributed by atoms with Crippen LogP contribution in [0.1, 0.15) is 58.6 Å². The molecule has 1 unspecified atom stereocenters. The molecular formula is C23H33NO4S. The van der Waals surface area contributed by atoms with Gasteiger partial charge in [-0.05, 0) is 59.6 Å². The summed E-state index contributed by atoms with van der Waals surface area (Å²) in [4.78, 5) is 13.0. The first-order valence-corrected chi connectivity index (χ1v) is 12.6. The minimum Gasteiger partial charge on any atom is -0.373 e. The Hall–Kier alpha value is -1.40. The second kappa shape index (κ2) is 6.81. The molecule has 1 aliphatic heterocycles. The van der Waals surface area contributed by atoms with E-state index in [1.165, 1.54) is 6.26 Å². The highest BCUT2D eigenvalue weighted by Crippen LogP contribution is 2.70. The molecule has 5 nitrogen and oxygen atoms in total. The monoisotopic (exact) mass is 419 g/mol. The molecule has 5 atom stereocenters. The predicted molar refractivity (Wildman–Crippen MR) is 112 cm³/mol. The molecule has 0 radical (unpaired) electrons. The zero-order chi connectivity index (χ0) is 21.2. The fraction of sp³-hybridized carbons (Fsp3) is 0.696. The summed E-state index contributed by atoms with van der Waals surface area (Å²) < 4.78 is 29.9. The van der Waals surface area contributed by atoms with Crippen LogP contribution in [0.4, 0.5) is 0 Å². The molecule has 1 saturated heterocycles. The maximum Gasteiger partial charge on any atom is 0.222 e. The smallest absolute Gasteiger partial charge is 0.222 e. The van der Waals surface area contributed by atoms with Gasteiger partial charge in [-0.1, -0.05) is 39.8 Å². The topological polar surface area (TPSA) is 72.5 Å². The highest BCUT2D eigenvalue weighted by molar-refractivity contribution is 7.90. The third-order valence-corrected chi connectivity index (χ3v) is 9.08. The lowest BCUT2D eigenvalue weighted by molar-refractivity contribution is -0.139. The van der Waals surface area contributed by atoms with Crippen LogP contribution in [0.2, 0.25) is 0 Å². The van der Waals surface area contributed by atoms with Crippen molar-refractivity contribution in [2.75, 3.05) is 12.9 Å². The van der Waals surface area contributed by atoms with Crippen LogP contribution in [0.5, 0.6) is 0 Å². The molecule has 1 aromatic carbocycles. The molecule has 29 heavy (non-hydrogen) atoms. The average molecular weight is 420 g/mol. The van der Waals surface area contributed by atoms with Gasteiger partial charge in [-0.25, -0.2) is 8.42 Å². The Morgan fingerprint density at radius 1 is 1.21 bits per heavy atom. The van der Waals surface area contributed by atoms with E-state index in [1.807, 2.05) is 26.0 Å². The number of hydrogen-bond donors (Lipinski definition) is 1. The van der Waals surface area contributed by atoms with Crippen molar-refractivity contribution in [2.45, 2.75) is 64.0 Å². The van der Waals surface area contributed by atoms with Gasteiger partial charge in [-0.2, -0.15) is 0 Å². The van der Waals surface area contributed by atoms with Gasteiger partial charge in [0.05, 0.1) is 11.0 Å². The first-order valence-electron chi connectivity index (χ1n) is 10.7. The number of rotatable bonds is 4. The molecule has 160 valence electrons. The van der Waals surface area contributed by atoms with Gasteiger partial charge in [-0.15, -0.1) is 0 Å². The molecule has 4 rings (SSSR count). The minimum absolute atomic E-state index is 0.0287. The fourth-order valence-electron chi connectivity index (χ4n) is 6.33. The van der Waals surface area contributed by atoms with Gasteiger partial charge in [0.2, 0.25) is 5.91 Å². The van der Waals surface area contributed by atoms with Crippen LogP contribution in [0.15, 0.2) is 29.2 Å². The maximum atomic E-state index is 12.6. The van der Waals surface area contributed by atoms with Crippen LogP contribution in [-0.4, -0.2) is 33.2 Å². The maximum absolute atomic E-state index is 12.6. The van der Waals surface area contributed by atoms with Crippen molar-refractivity contribution < 1.29 is 17.9 Å². The Morgan fingerprint density at radius 2 is 1.86 bits per heavy atom. The van der Waals surface area contributed by atoms with Gasteiger partial charge < -0.3 is 10.1 Å². The highest BCUT2D eigenvalue weighted by atomic mass is 32.2. The lowest BCUT2D eigenvalue weighted by atomic mass is 9.58. The van der Waals surface area contributed by atoms with E-state index in [-0.39, 0.29) is 34.8 Å². The summed E-state index contributed by atoms with van der Waals surface area (Å²) in [7, 11) is -3.21. The standard InChI is InChI=1S/C23H33NO4S/c1-14(2)20(25)24-21-22(3,4)16-12-18-19(28-11-10-23(18,21)13-16)15-6-8-17(9-7-15)29(5,26)27/h6-9,14,16,18-19,21H,10-13H2,1-5H3,(H,24,25)/t16-,18-,19-,21+,23?/m1/s1. The lowest BCUT2D eigenvalue weighted by Crippen LogP contribution is -2.59. The number of hydrogen-bond acceptors (Lipinski definition) is 4. The Kier molecular flexibility index (Phi) is 4.90. The summed E-state index contributed by atoms with van der Waals surface area (Å²) in [5.41, 5.74) is 1.17. The van der Waals surface area contributed by atoms with Crippen molar-refractivity contribution in [3.05, 3.63) is 29.8 Å². The molecule has 1 aromatic rings. The van der Waals surface area contributed by atoms with Gasteiger partial charge in [0, 0.05) is 24.8 Å². The number of ether oxygens (including phenoxy) is 1. The van der Waals surface area contributed by atoms with Crippen molar-refractivity contribution in [3.8, 4) is 0 Å². The Bertz CT molecular complexity index is 905. The van der Waals surface area contributed by atoms with Crippen LogP contribution in [0.3, 0.4) is 0 Å². The summed E-state index contributed by atoms with van der Waals surface area (Å²) in [5, 5.41) is 3.42. The van der Waals surface area contributed by atoms with E-state index < -0.39 is 9.84 Å². The molecule has 2 bridgehead atoms. The average Bonchev–Trinajstić information content (AvgIpc) is 3.13. The zero-order valence-electron chi connectivity index (χ0n) is 18.1. The van der Waals surface area contributed by atoms with Gasteiger partial charge >= 0.3 is 0 Å². The minimum atomic E-state index is -3.21. The van der Waals surface area contributed by atoms with E-state index in [4.69, 9.17) is 4.74 Å². The Morgan fingerprint density at radius 3 is 2.45 bits per heavy atom. The van der Waals surface area contributed by atoms with E-state index in [9.17, 15) is 13.2 Å². The van der Waals surface area contributed by atoms with E-state index in [1.54, 1.807) is 12.1 Å². The first kappa shape index (κ1) is 20.9. The fourth-order valence-corrected chi connectivity index (χ4v) is 6.96. The van der Waals surface area contributed by atoms with Gasteiger partial charge in [0.1, 0.15) is 0 Å². The van der Waals surface area contributed by atoms with E-state index in [0.717, 1.165) is 24.8 Å². The van der Waals surface area contributed by atoms with Crippen molar-refractivity contribution in [1.29, 1.82) is 0 Å². The van der Waals surface area contributed by atoms with Gasteiger partial charge in [0.15, 0.2) is 9.84 Å². The van der Waals surface area contributed by atoms with Crippen molar-refractivity contribution in [1.82, 2.24) is 5.32 Å². The summed E-state index contributed by atoms with van der Waals surface area (Å²) in [6.07, 6.45) is 4.39.